The fourth-order valence-corrected chi connectivity index (χ4v) is 2.54. The second kappa shape index (κ2) is 5.29. The number of nitrogens with zero attached hydrogens (tertiary/aromatic N) is 2. The topological polar surface area (TPSA) is 27.0 Å². The van der Waals surface area contributed by atoms with Gasteiger partial charge in [0.25, 0.3) is 0 Å². The van der Waals surface area contributed by atoms with E-state index < -0.39 is 0 Å². The highest BCUT2D eigenvalue weighted by Crippen LogP contribution is 2.33. The molecule has 1 saturated heterocycles. The van der Waals surface area contributed by atoms with Crippen LogP contribution < -0.4 is 0 Å². The zero-order valence-electron chi connectivity index (χ0n) is 10.1. The standard InChI is InChI=1S/C14H17FN2/c1-2-17-8-7-11(10-16)9-14(17)12-3-5-13(15)6-4-12/h3-6,11,14H,2,7-9H2,1H3. The van der Waals surface area contributed by atoms with Crippen molar-refractivity contribution >= 4 is 0 Å². The average molecular weight is 232 g/mol. The highest BCUT2D eigenvalue weighted by atomic mass is 19.1. The molecule has 2 rings (SSSR count). The van der Waals surface area contributed by atoms with Gasteiger partial charge in [0.1, 0.15) is 5.82 Å². The van der Waals surface area contributed by atoms with Gasteiger partial charge in [0.15, 0.2) is 0 Å². The van der Waals surface area contributed by atoms with E-state index in [0.717, 1.165) is 31.5 Å². The van der Waals surface area contributed by atoms with Crippen LogP contribution in [0.5, 0.6) is 0 Å². The fraction of sp³-hybridized carbons (Fsp3) is 0.500. The Hall–Kier alpha value is -1.40. The van der Waals surface area contributed by atoms with Gasteiger partial charge in [-0.2, -0.15) is 5.26 Å². The molecule has 1 aromatic rings. The number of rotatable bonds is 2. The number of nitriles is 1. The molecule has 1 aromatic carbocycles. The van der Waals surface area contributed by atoms with Crippen molar-refractivity contribution < 1.29 is 4.39 Å². The molecule has 1 fully saturated rings. The van der Waals surface area contributed by atoms with Crippen LogP contribution >= 0.6 is 0 Å². The Labute approximate surface area is 102 Å². The van der Waals surface area contributed by atoms with Gasteiger partial charge in [-0.1, -0.05) is 19.1 Å². The van der Waals surface area contributed by atoms with Crippen LogP contribution in [0.4, 0.5) is 4.39 Å². The highest BCUT2D eigenvalue weighted by molar-refractivity contribution is 5.21. The average Bonchev–Trinajstić information content (AvgIpc) is 2.39. The van der Waals surface area contributed by atoms with Crippen molar-refractivity contribution in [2.75, 3.05) is 13.1 Å². The summed E-state index contributed by atoms with van der Waals surface area (Å²) in [6, 6.07) is 9.29. The third kappa shape index (κ3) is 2.65. The minimum atomic E-state index is -0.204. The Bertz CT molecular complexity index is 407. The first-order chi connectivity index (χ1) is 8.24. The molecule has 0 spiro atoms. The van der Waals surface area contributed by atoms with Crippen LogP contribution in [0, 0.1) is 23.1 Å². The minimum absolute atomic E-state index is 0.132. The van der Waals surface area contributed by atoms with Crippen LogP contribution in [0.3, 0.4) is 0 Å². The number of hydrogen-bond donors (Lipinski definition) is 0. The van der Waals surface area contributed by atoms with Crippen LogP contribution in [-0.4, -0.2) is 18.0 Å². The van der Waals surface area contributed by atoms with Crippen LogP contribution in [0.1, 0.15) is 31.4 Å². The molecule has 17 heavy (non-hydrogen) atoms. The zero-order valence-corrected chi connectivity index (χ0v) is 10.1. The van der Waals surface area contributed by atoms with Crippen molar-refractivity contribution in [2.24, 2.45) is 5.92 Å². The minimum Gasteiger partial charge on any atom is -0.297 e. The summed E-state index contributed by atoms with van der Waals surface area (Å²) in [4.78, 5) is 2.36. The lowest BCUT2D eigenvalue weighted by Crippen LogP contribution is -2.36. The van der Waals surface area contributed by atoms with E-state index in [4.69, 9.17) is 5.26 Å². The molecule has 90 valence electrons. The summed E-state index contributed by atoms with van der Waals surface area (Å²) < 4.78 is 12.9. The van der Waals surface area contributed by atoms with E-state index in [0.29, 0.717) is 0 Å². The molecule has 0 N–H and O–H groups in total. The van der Waals surface area contributed by atoms with Gasteiger partial charge in [-0.25, -0.2) is 4.39 Å². The van der Waals surface area contributed by atoms with Crippen molar-refractivity contribution in [3.05, 3.63) is 35.6 Å². The first-order valence-corrected chi connectivity index (χ1v) is 6.13. The normalized spacial score (nSPS) is 25.5. The van der Waals surface area contributed by atoms with E-state index in [-0.39, 0.29) is 17.8 Å². The van der Waals surface area contributed by atoms with E-state index in [1.54, 1.807) is 0 Å². The number of likely N-dealkylation sites (tertiary alicyclic amines) is 1. The molecule has 0 amide bonds. The molecule has 1 aliphatic rings. The number of hydrogen-bond acceptors (Lipinski definition) is 2. The van der Waals surface area contributed by atoms with E-state index in [1.165, 1.54) is 12.1 Å². The van der Waals surface area contributed by atoms with Crippen LogP contribution in [0.15, 0.2) is 24.3 Å². The summed E-state index contributed by atoms with van der Waals surface area (Å²) in [5.41, 5.74) is 1.12. The smallest absolute Gasteiger partial charge is 0.123 e. The summed E-state index contributed by atoms with van der Waals surface area (Å²) >= 11 is 0. The molecule has 0 bridgehead atoms. The highest BCUT2D eigenvalue weighted by Gasteiger charge is 2.28. The maximum absolute atomic E-state index is 12.9. The molecule has 2 unspecified atom stereocenters. The van der Waals surface area contributed by atoms with Gasteiger partial charge in [0.05, 0.1) is 6.07 Å². The third-order valence-electron chi connectivity index (χ3n) is 3.56. The van der Waals surface area contributed by atoms with Gasteiger partial charge in [0, 0.05) is 12.0 Å². The molecule has 0 aliphatic carbocycles. The Balaban J connectivity index is 2.20. The maximum atomic E-state index is 12.9. The summed E-state index contributed by atoms with van der Waals surface area (Å²) in [6.45, 7) is 4.06. The van der Waals surface area contributed by atoms with E-state index in [9.17, 15) is 4.39 Å². The molecule has 3 heteroatoms. The Kier molecular flexibility index (Phi) is 3.75. The van der Waals surface area contributed by atoms with Crippen LogP contribution in [-0.2, 0) is 0 Å². The van der Waals surface area contributed by atoms with E-state index >= 15 is 0 Å². The lowest BCUT2D eigenvalue weighted by molar-refractivity contribution is 0.136. The third-order valence-corrected chi connectivity index (χ3v) is 3.56. The van der Waals surface area contributed by atoms with E-state index in [2.05, 4.69) is 17.9 Å². The monoisotopic (exact) mass is 232 g/mol. The molecule has 2 nitrogen and oxygen atoms in total. The first kappa shape index (κ1) is 12.1. The molecule has 0 aromatic heterocycles. The number of piperidine rings is 1. The Morgan fingerprint density at radius 1 is 1.41 bits per heavy atom. The number of halogens is 1. The number of benzene rings is 1. The molecular weight excluding hydrogens is 215 g/mol. The lowest BCUT2D eigenvalue weighted by Gasteiger charge is -2.37. The quantitative estimate of drug-likeness (QED) is 0.783. The van der Waals surface area contributed by atoms with Crippen LogP contribution in [0.2, 0.25) is 0 Å². The summed E-state index contributed by atoms with van der Waals surface area (Å²) in [7, 11) is 0. The Morgan fingerprint density at radius 3 is 2.71 bits per heavy atom. The Morgan fingerprint density at radius 2 is 2.12 bits per heavy atom. The summed E-state index contributed by atoms with van der Waals surface area (Å²) in [6.07, 6.45) is 1.80. The van der Waals surface area contributed by atoms with Gasteiger partial charge < -0.3 is 0 Å². The predicted octanol–water partition coefficient (Wildman–Crippen LogP) is 3.12. The molecule has 0 saturated carbocycles. The maximum Gasteiger partial charge on any atom is 0.123 e. The summed E-state index contributed by atoms with van der Waals surface area (Å²) in [5, 5.41) is 9.03. The van der Waals surface area contributed by atoms with E-state index in [1.807, 2.05) is 12.1 Å². The molecule has 2 atom stereocenters. The summed E-state index contributed by atoms with van der Waals surface area (Å²) in [5.74, 6) is -0.0719. The van der Waals surface area contributed by atoms with Gasteiger partial charge in [-0.05, 0) is 43.6 Å². The second-order valence-corrected chi connectivity index (χ2v) is 4.55. The molecular formula is C14H17FN2. The van der Waals surface area contributed by atoms with Gasteiger partial charge >= 0.3 is 0 Å². The van der Waals surface area contributed by atoms with Gasteiger partial charge in [0.2, 0.25) is 0 Å². The largest absolute Gasteiger partial charge is 0.297 e. The molecule has 1 heterocycles. The molecule has 1 aliphatic heterocycles. The second-order valence-electron chi connectivity index (χ2n) is 4.55. The van der Waals surface area contributed by atoms with Gasteiger partial charge in [-0.15, -0.1) is 0 Å². The SMILES string of the molecule is CCN1CCC(C#N)CC1c1ccc(F)cc1. The van der Waals surface area contributed by atoms with Crippen molar-refractivity contribution in [3.63, 3.8) is 0 Å². The van der Waals surface area contributed by atoms with Crippen molar-refractivity contribution in [3.8, 4) is 6.07 Å². The predicted molar refractivity (Wildman–Crippen MR) is 64.7 cm³/mol. The van der Waals surface area contributed by atoms with Gasteiger partial charge in [-0.3, -0.25) is 4.90 Å². The van der Waals surface area contributed by atoms with Crippen molar-refractivity contribution in [2.45, 2.75) is 25.8 Å². The molecule has 0 radical (unpaired) electrons. The van der Waals surface area contributed by atoms with Crippen molar-refractivity contribution in [1.82, 2.24) is 4.90 Å². The van der Waals surface area contributed by atoms with Crippen molar-refractivity contribution in [1.29, 1.82) is 5.26 Å². The lowest BCUT2D eigenvalue weighted by atomic mass is 9.88. The fourth-order valence-electron chi connectivity index (χ4n) is 2.54. The first-order valence-electron chi connectivity index (χ1n) is 6.13. The zero-order chi connectivity index (χ0) is 12.3. The van der Waals surface area contributed by atoms with Crippen LogP contribution in [0.25, 0.3) is 0 Å².